The molecule has 5 heteroatoms. The number of thiophene rings is 1. The first-order valence-corrected chi connectivity index (χ1v) is 8.92. The normalized spacial score (nSPS) is 21.8. The van der Waals surface area contributed by atoms with Crippen molar-refractivity contribution >= 4 is 21.4 Å². The molecule has 4 nitrogen and oxygen atoms in total. The van der Waals surface area contributed by atoms with Crippen molar-refractivity contribution < 1.29 is 4.74 Å². The Morgan fingerprint density at radius 3 is 3.13 bits per heavy atom. The number of nitrogens with zero attached hydrogens (tertiary/aromatic N) is 2. The van der Waals surface area contributed by atoms with Crippen LogP contribution < -0.4 is 5.32 Å². The van der Waals surface area contributed by atoms with E-state index in [-0.39, 0.29) is 6.10 Å². The van der Waals surface area contributed by atoms with Crippen molar-refractivity contribution in [3.05, 3.63) is 53.2 Å². The molecule has 1 aliphatic rings. The van der Waals surface area contributed by atoms with Gasteiger partial charge in [-0.15, -0.1) is 11.3 Å². The number of nitrogens with one attached hydrogen (secondary N) is 1. The molecule has 1 N–H and O–H groups in total. The monoisotopic (exact) mass is 327 g/mol. The molecular formula is C18H21N3OS. The predicted molar refractivity (Wildman–Crippen MR) is 93.6 cm³/mol. The van der Waals surface area contributed by atoms with Crippen LogP contribution >= 0.6 is 11.3 Å². The lowest BCUT2D eigenvalue weighted by Gasteiger charge is -2.31. The van der Waals surface area contributed by atoms with E-state index < -0.39 is 0 Å². The lowest BCUT2D eigenvalue weighted by molar-refractivity contribution is -0.0111. The summed E-state index contributed by atoms with van der Waals surface area (Å²) < 4.78 is 9.22. The average Bonchev–Trinajstić information content (AvgIpc) is 3.19. The zero-order valence-electron chi connectivity index (χ0n) is 13.2. The van der Waals surface area contributed by atoms with Gasteiger partial charge in [-0.05, 0) is 30.4 Å². The van der Waals surface area contributed by atoms with Gasteiger partial charge in [0.1, 0.15) is 6.10 Å². The van der Waals surface area contributed by atoms with Crippen LogP contribution in [-0.4, -0.2) is 22.4 Å². The second-order valence-corrected chi connectivity index (χ2v) is 7.29. The molecule has 0 unspecified atom stereocenters. The number of ether oxygens (including phenoxy) is 1. The molecule has 0 saturated carbocycles. The summed E-state index contributed by atoms with van der Waals surface area (Å²) >= 11 is 1.87. The number of aromatic nitrogens is 2. The van der Waals surface area contributed by atoms with E-state index in [1.807, 2.05) is 29.3 Å². The summed E-state index contributed by atoms with van der Waals surface area (Å²) in [5.41, 5.74) is 1.17. The van der Waals surface area contributed by atoms with E-state index in [1.54, 1.807) is 0 Å². The highest BCUT2D eigenvalue weighted by Gasteiger charge is 2.28. The maximum Gasteiger partial charge on any atom is 0.101 e. The minimum Gasteiger partial charge on any atom is -0.372 e. The Morgan fingerprint density at radius 1 is 1.39 bits per heavy atom. The van der Waals surface area contributed by atoms with Crippen LogP contribution in [0, 0.1) is 0 Å². The van der Waals surface area contributed by atoms with Crippen molar-refractivity contribution in [1.82, 2.24) is 15.1 Å². The maximum absolute atomic E-state index is 6.02. The SMILES string of the molecule is Cn1cc([C@H]2OCCC[C@@H]2NCc2cc3ccccc3s2)cn1. The van der Waals surface area contributed by atoms with Gasteiger partial charge in [0.2, 0.25) is 0 Å². The number of hydrogen-bond donors (Lipinski definition) is 1. The second-order valence-electron chi connectivity index (χ2n) is 6.12. The van der Waals surface area contributed by atoms with Gasteiger partial charge in [-0.25, -0.2) is 0 Å². The summed E-state index contributed by atoms with van der Waals surface area (Å²) in [4.78, 5) is 1.38. The molecule has 1 aliphatic heterocycles. The van der Waals surface area contributed by atoms with Crippen molar-refractivity contribution in [3.63, 3.8) is 0 Å². The zero-order chi connectivity index (χ0) is 15.6. The van der Waals surface area contributed by atoms with Gasteiger partial charge in [0, 0.05) is 47.6 Å². The second kappa shape index (κ2) is 6.43. The van der Waals surface area contributed by atoms with Crippen molar-refractivity contribution in [2.24, 2.45) is 7.05 Å². The minimum atomic E-state index is 0.104. The van der Waals surface area contributed by atoms with Gasteiger partial charge in [-0.2, -0.15) is 5.10 Å². The van der Waals surface area contributed by atoms with Crippen LogP contribution in [-0.2, 0) is 18.3 Å². The average molecular weight is 327 g/mol. The summed E-state index contributed by atoms with van der Waals surface area (Å²) in [5.74, 6) is 0. The van der Waals surface area contributed by atoms with Gasteiger partial charge in [0.05, 0.1) is 6.20 Å². The van der Waals surface area contributed by atoms with Crippen LogP contribution in [0.15, 0.2) is 42.7 Å². The Bertz CT molecular complexity index is 761. The fraction of sp³-hybridized carbons (Fsp3) is 0.389. The molecule has 3 aromatic rings. The Labute approximate surface area is 140 Å². The van der Waals surface area contributed by atoms with E-state index in [0.717, 1.165) is 26.0 Å². The van der Waals surface area contributed by atoms with Gasteiger partial charge in [0.15, 0.2) is 0 Å². The highest BCUT2D eigenvalue weighted by molar-refractivity contribution is 7.19. The number of fused-ring (bicyclic) bond motifs is 1. The van der Waals surface area contributed by atoms with Gasteiger partial charge in [0.25, 0.3) is 0 Å². The molecule has 120 valence electrons. The van der Waals surface area contributed by atoms with Crippen LogP contribution in [0.1, 0.15) is 29.4 Å². The van der Waals surface area contributed by atoms with Gasteiger partial charge in [-0.3, -0.25) is 4.68 Å². The number of aryl methyl sites for hydroxylation is 1. The largest absolute Gasteiger partial charge is 0.372 e. The molecule has 0 radical (unpaired) electrons. The molecule has 1 fully saturated rings. The molecule has 1 saturated heterocycles. The molecular weight excluding hydrogens is 306 g/mol. The van der Waals surface area contributed by atoms with E-state index in [1.165, 1.54) is 20.5 Å². The number of benzene rings is 1. The van der Waals surface area contributed by atoms with E-state index in [2.05, 4.69) is 46.9 Å². The topological polar surface area (TPSA) is 39.1 Å². The molecule has 0 spiro atoms. The van der Waals surface area contributed by atoms with Gasteiger partial charge < -0.3 is 10.1 Å². The zero-order valence-corrected chi connectivity index (χ0v) is 14.1. The number of hydrogen-bond acceptors (Lipinski definition) is 4. The fourth-order valence-corrected chi connectivity index (χ4v) is 4.28. The predicted octanol–water partition coefficient (Wildman–Crippen LogP) is 3.64. The van der Waals surface area contributed by atoms with E-state index in [9.17, 15) is 0 Å². The van der Waals surface area contributed by atoms with Crippen LogP contribution in [0.3, 0.4) is 0 Å². The smallest absolute Gasteiger partial charge is 0.101 e. The van der Waals surface area contributed by atoms with Crippen molar-refractivity contribution in [3.8, 4) is 0 Å². The highest BCUT2D eigenvalue weighted by atomic mass is 32.1. The number of rotatable bonds is 4. The van der Waals surface area contributed by atoms with Crippen molar-refractivity contribution in [2.45, 2.75) is 31.5 Å². The van der Waals surface area contributed by atoms with Gasteiger partial charge >= 0.3 is 0 Å². The Kier molecular flexibility index (Phi) is 4.16. The summed E-state index contributed by atoms with van der Waals surface area (Å²) in [6, 6.07) is 11.2. The molecule has 2 aromatic heterocycles. The summed E-state index contributed by atoms with van der Waals surface area (Å²) in [6.45, 7) is 1.73. The first kappa shape index (κ1) is 14.9. The first-order valence-electron chi connectivity index (χ1n) is 8.10. The molecule has 23 heavy (non-hydrogen) atoms. The van der Waals surface area contributed by atoms with E-state index in [0.29, 0.717) is 6.04 Å². The maximum atomic E-state index is 6.02. The molecule has 0 aliphatic carbocycles. The van der Waals surface area contributed by atoms with Crippen LogP contribution in [0.4, 0.5) is 0 Å². The van der Waals surface area contributed by atoms with Crippen molar-refractivity contribution in [1.29, 1.82) is 0 Å². The molecule has 1 aromatic carbocycles. The third-order valence-electron chi connectivity index (χ3n) is 4.39. The quantitative estimate of drug-likeness (QED) is 0.795. The van der Waals surface area contributed by atoms with E-state index >= 15 is 0 Å². The highest BCUT2D eigenvalue weighted by Crippen LogP contribution is 2.30. The van der Waals surface area contributed by atoms with Crippen LogP contribution in [0.25, 0.3) is 10.1 Å². The standard InChI is InChI=1S/C18H21N3OS/c1-21-12-14(10-20-21)18-16(6-4-8-22-18)19-11-15-9-13-5-2-3-7-17(13)23-15/h2-3,5,7,9-10,12,16,18-19H,4,6,8,11H2,1H3/t16-,18+/m0/s1. The minimum absolute atomic E-state index is 0.104. The molecule has 4 rings (SSSR count). The van der Waals surface area contributed by atoms with Gasteiger partial charge in [-0.1, -0.05) is 18.2 Å². The Hall–Kier alpha value is -1.69. The third kappa shape index (κ3) is 3.17. The van der Waals surface area contributed by atoms with Crippen molar-refractivity contribution in [2.75, 3.05) is 6.61 Å². The molecule has 0 bridgehead atoms. The molecule has 2 atom stereocenters. The summed E-state index contributed by atoms with van der Waals surface area (Å²) in [6.07, 6.45) is 6.34. The Morgan fingerprint density at radius 2 is 2.30 bits per heavy atom. The summed E-state index contributed by atoms with van der Waals surface area (Å²) in [5, 5.41) is 9.32. The lowest BCUT2D eigenvalue weighted by atomic mass is 9.98. The molecule has 3 heterocycles. The Balaban J connectivity index is 1.47. The van der Waals surface area contributed by atoms with E-state index in [4.69, 9.17) is 4.74 Å². The molecule has 0 amide bonds. The van der Waals surface area contributed by atoms with Crippen LogP contribution in [0.2, 0.25) is 0 Å². The van der Waals surface area contributed by atoms with Crippen LogP contribution in [0.5, 0.6) is 0 Å². The lowest BCUT2D eigenvalue weighted by Crippen LogP contribution is -2.38. The fourth-order valence-electron chi connectivity index (χ4n) is 3.26. The first-order chi connectivity index (χ1) is 11.3. The summed E-state index contributed by atoms with van der Waals surface area (Å²) in [7, 11) is 1.95. The third-order valence-corrected chi connectivity index (χ3v) is 5.51.